The third kappa shape index (κ3) is 5.31. The predicted molar refractivity (Wildman–Crippen MR) is 141 cm³/mol. The van der Waals surface area contributed by atoms with Crippen LogP contribution in [0.4, 0.5) is 0 Å². The number of pyridine rings is 1. The Balaban J connectivity index is 1.40. The zero-order chi connectivity index (χ0) is 24.9. The van der Waals surface area contributed by atoms with Crippen molar-refractivity contribution in [3.8, 4) is 0 Å². The van der Waals surface area contributed by atoms with Crippen molar-refractivity contribution in [1.29, 1.82) is 0 Å². The van der Waals surface area contributed by atoms with Gasteiger partial charge < -0.3 is 10.2 Å². The normalized spacial score (nSPS) is 16.2. The number of amides is 2. The standard InChI is InChI=1S/C29H25N3O3S/c33-26-17-18-32(29(26)36-22-12-5-2-6-13-22)28(35)25(19-20-9-3-1-4-10-20)31-27(34)24-16-15-21-11-7-8-14-23(21)30-24/h1-16,25,29H,17-19H2,(H,31,34)/t25-,29-/m0/s1. The summed E-state index contributed by atoms with van der Waals surface area (Å²) in [5.41, 5.74) is 1.87. The third-order valence-corrected chi connectivity index (χ3v) is 7.43. The number of thioether (sulfide) groups is 1. The third-order valence-electron chi connectivity index (χ3n) is 6.15. The van der Waals surface area contributed by atoms with Gasteiger partial charge in [-0.15, -0.1) is 0 Å². The predicted octanol–water partition coefficient (Wildman–Crippen LogP) is 4.50. The Bertz CT molecular complexity index is 1390. The lowest BCUT2D eigenvalue weighted by molar-refractivity contribution is -0.134. The second-order valence-electron chi connectivity index (χ2n) is 8.64. The molecule has 0 aliphatic carbocycles. The molecule has 1 aromatic heterocycles. The van der Waals surface area contributed by atoms with E-state index in [0.29, 0.717) is 24.9 Å². The number of carbonyl (C=O) groups excluding carboxylic acids is 3. The lowest BCUT2D eigenvalue weighted by atomic mass is 10.0. The largest absolute Gasteiger partial charge is 0.339 e. The molecule has 2 amide bonds. The summed E-state index contributed by atoms with van der Waals surface area (Å²) < 4.78 is 0. The fourth-order valence-corrected chi connectivity index (χ4v) is 5.46. The molecule has 1 aliphatic heterocycles. The van der Waals surface area contributed by atoms with Gasteiger partial charge in [0.1, 0.15) is 17.1 Å². The van der Waals surface area contributed by atoms with E-state index in [4.69, 9.17) is 0 Å². The van der Waals surface area contributed by atoms with Crippen LogP contribution in [0.3, 0.4) is 0 Å². The van der Waals surface area contributed by atoms with Crippen LogP contribution in [0.15, 0.2) is 102 Å². The van der Waals surface area contributed by atoms with Crippen LogP contribution in [-0.2, 0) is 16.0 Å². The number of carbonyl (C=O) groups is 3. The molecule has 1 aliphatic rings. The van der Waals surface area contributed by atoms with Gasteiger partial charge in [0, 0.05) is 29.7 Å². The number of para-hydroxylation sites is 1. The van der Waals surface area contributed by atoms with Gasteiger partial charge in [0.2, 0.25) is 5.91 Å². The van der Waals surface area contributed by atoms with Crippen LogP contribution in [0.2, 0.25) is 0 Å². The van der Waals surface area contributed by atoms with Gasteiger partial charge in [0.05, 0.1) is 5.52 Å². The van der Waals surface area contributed by atoms with Gasteiger partial charge in [0.25, 0.3) is 5.91 Å². The Hall–Kier alpha value is -3.97. The first-order valence-electron chi connectivity index (χ1n) is 11.8. The van der Waals surface area contributed by atoms with Crippen molar-refractivity contribution in [2.45, 2.75) is 29.2 Å². The smallest absolute Gasteiger partial charge is 0.270 e. The summed E-state index contributed by atoms with van der Waals surface area (Å²) in [7, 11) is 0. The molecular formula is C29H25N3O3S. The van der Waals surface area contributed by atoms with Crippen LogP contribution < -0.4 is 5.32 Å². The minimum absolute atomic E-state index is 0.0122. The highest BCUT2D eigenvalue weighted by atomic mass is 32.2. The monoisotopic (exact) mass is 495 g/mol. The number of Topliss-reactive ketones (excluding diaryl/α,β-unsaturated/α-hetero) is 1. The van der Waals surface area contributed by atoms with Crippen LogP contribution in [0.1, 0.15) is 22.5 Å². The van der Waals surface area contributed by atoms with E-state index in [2.05, 4.69) is 10.3 Å². The lowest BCUT2D eigenvalue weighted by Gasteiger charge is -2.28. The van der Waals surface area contributed by atoms with Gasteiger partial charge in [-0.2, -0.15) is 0 Å². The van der Waals surface area contributed by atoms with Gasteiger partial charge in [0.15, 0.2) is 5.78 Å². The van der Waals surface area contributed by atoms with Gasteiger partial charge in [-0.1, -0.05) is 84.6 Å². The van der Waals surface area contributed by atoms with E-state index >= 15 is 0 Å². The molecule has 2 heterocycles. The molecule has 1 N–H and O–H groups in total. The molecule has 3 aromatic carbocycles. The zero-order valence-electron chi connectivity index (χ0n) is 19.5. The summed E-state index contributed by atoms with van der Waals surface area (Å²) >= 11 is 1.37. The molecule has 1 fully saturated rings. The molecular weight excluding hydrogens is 470 g/mol. The van der Waals surface area contributed by atoms with Crippen molar-refractivity contribution in [3.05, 3.63) is 108 Å². The second-order valence-corrected chi connectivity index (χ2v) is 9.79. The topological polar surface area (TPSA) is 79.4 Å². The number of benzene rings is 3. The number of rotatable bonds is 7. The highest BCUT2D eigenvalue weighted by Gasteiger charge is 2.39. The molecule has 1 saturated heterocycles. The van der Waals surface area contributed by atoms with Crippen LogP contribution in [0.25, 0.3) is 10.9 Å². The van der Waals surface area contributed by atoms with Crippen LogP contribution >= 0.6 is 11.8 Å². The summed E-state index contributed by atoms with van der Waals surface area (Å²) in [5, 5.41) is 3.23. The Morgan fingerprint density at radius 1 is 0.917 bits per heavy atom. The van der Waals surface area contributed by atoms with Crippen LogP contribution in [-0.4, -0.2) is 45.4 Å². The average Bonchev–Trinajstić information content (AvgIpc) is 3.28. The summed E-state index contributed by atoms with van der Waals surface area (Å²) in [4.78, 5) is 46.8. The lowest BCUT2D eigenvalue weighted by Crippen LogP contribution is -2.51. The number of fused-ring (bicyclic) bond motifs is 1. The molecule has 36 heavy (non-hydrogen) atoms. The molecule has 180 valence electrons. The minimum atomic E-state index is -0.835. The highest BCUT2D eigenvalue weighted by molar-refractivity contribution is 8.00. The van der Waals surface area contributed by atoms with Gasteiger partial charge in [-0.3, -0.25) is 14.4 Å². The molecule has 2 atom stereocenters. The summed E-state index contributed by atoms with van der Waals surface area (Å²) in [5.74, 6) is -0.682. The maximum absolute atomic E-state index is 13.8. The van der Waals surface area contributed by atoms with E-state index in [1.54, 1.807) is 11.0 Å². The molecule has 0 unspecified atom stereocenters. The van der Waals surface area contributed by atoms with E-state index in [0.717, 1.165) is 15.8 Å². The van der Waals surface area contributed by atoms with Crippen LogP contribution in [0.5, 0.6) is 0 Å². The fourth-order valence-electron chi connectivity index (χ4n) is 4.30. The number of nitrogens with zero attached hydrogens (tertiary/aromatic N) is 2. The first-order valence-corrected chi connectivity index (χ1v) is 12.7. The first-order chi connectivity index (χ1) is 17.6. The maximum Gasteiger partial charge on any atom is 0.270 e. The Morgan fingerprint density at radius 3 is 2.39 bits per heavy atom. The van der Waals surface area contributed by atoms with Gasteiger partial charge in [-0.25, -0.2) is 4.98 Å². The molecule has 0 spiro atoms. The van der Waals surface area contributed by atoms with Crippen molar-refractivity contribution in [2.75, 3.05) is 6.54 Å². The van der Waals surface area contributed by atoms with Crippen molar-refractivity contribution < 1.29 is 14.4 Å². The minimum Gasteiger partial charge on any atom is -0.339 e. The quantitative estimate of drug-likeness (QED) is 0.409. The Labute approximate surface area is 213 Å². The van der Waals surface area contributed by atoms with Crippen molar-refractivity contribution in [3.63, 3.8) is 0 Å². The molecule has 0 bridgehead atoms. The molecule has 0 radical (unpaired) electrons. The number of hydrogen-bond donors (Lipinski definition) is 1. The molecule has 0 saturated carbocycles. The summed E-state index contributed by atoms with van der Waals surface area (Å²) in [6.45, 7) is 0.331. The average molecular weight is 496 g/mol. The SMILES string of the molecule is O=C(N[C@@H](Cc1ccccc1)C(=O)N1CCC(=O)[C@@H]1Sc1ccccc1)c1ccc2ccccc2n1. The molecule has 5 rings (SSSR count). The van der Waals surface area contributed by atoms with Crippen molar-refractivity contribution in [2.24, 2.45) is 0 Å². The summed E-state index contributed by atoms with van der Waals surface area (Å²) in [6.07, 6.45) is 0.612. The van der Waals surface area contributed by atoms with E-state index < -0.39 is 17.3 Å². The first kappa shape index (κ1) is 23.8. The molecule has 7 heteroatoms. The summed E-state index contributed by atoms with van der Waals surface area (Å²) in [6, 6.07) is 29.4. The van der Waals surface area contributed by atoms with E-state index in [1.807, 2.05) is 91.0 Å². The number of hydrogen-bond acceptors (Lipinski definition) is 5. The Morgan fingerprint density at radius 2 is 1.61 bits per heavy atom. The number of nitrogens with one attached hydrogen (secondary N) is 1. The van der Waals surface area contributed by atoms with Crippen LogP contribution in [0, 0.1) is 0 Å². The number of aromatic nitrogens is 1. The van der Waals surface area contributed by atoms with Crippen molar-refractivity contribution in [1.82, 2.24) is 15.2 Å². The molecule has 6 nitrogen and oxygen atoms in total. The van der Waals surface area contributed by atoms with E-state index in [1.165, 1.54) is 11.8 Å². The molecule has 4 aromatic rings. The number of ketones is 1. The van der Waals surface area contributed by atoms with Crippen molar-refractivity contribution >= 4 is 40.3 Å². The number of likely N-dealkylation sites (tertiary alicyclic amines) is 1. The van der Waals surface area contributed by atoms with E-state index in [9.17, 15) is 14.4 Å². The van der Waals surface area contributed by atoms with E-state index in [-0.39, 0.29) is 17.4 Å². The van der Waals surface area contributed by atoms with Gasteiger partial charge in [-0.05, 0) is 29.8 Å². The highest BCUT2D eigenvalue weighted by Crippen LogP contribution is 2.31. The Kier molecular flexibility index (Phi) is 7.09. The zero-order valence-corrected chi connectivity index (χ0v) is 20.4. The fraction of sp³-hybridized carbons (Fsp3) is 0.172. The second kappa shape index (κ2) is 10.7. The van der Waals surface area contributed by atoms with Gasteiger partial charge >= 0.3 is 0 Å². The maximum atomic E-state index is 13.8.